The largest absolute Gasteiger partial charge is 0.452 e. The van der Waals surface area contributed by atoms with Crippen molar-refractivity contribution in [2.24, 2.45) is 0 Å². The lowest BCUT2D eigenvalue weighted by atomic mass is 9.90. The first-order valence-electron chi connectivity index (χ1n) is 45.3. The molecule has 19 aromatic carbocycles. The second-order valence-corrected chi connectivity index (χ2v) is 34.5. The Morgan fingerprint density at radius 1 is 0.215 bits per heavy atom. The zero-order chi connectivity index (χ0) is 88.5. The van der Waals surface area contributed by atoms with Crippen LogP contribution in [0.15, 0.2) is 444 Å². The van der Waals surface area contributed by atoms with Gasteiger partial charge in [-0.3, -0.25) is 19.4 Å². The first kappa shape index (κ1) is 75.4. The monoisotopic (exact) mass is 1730 g/mol. The minimum absolute atomic E-state index is 0.607. The number of furan rings is 3. The van der Waals surface area contributed by atoms with Gasteiger partial charge in [0.05, 0.1) is 45.2 Å². The van der Waals surface area contributed by atoms with Crippen molar-refractivity contribution in [1.29, 1.82) is 0 Å². The SMILES string of the molecule is c1ccc2c(c1)-c1cccc3cccc(c13)N2c1cc(-c2nc(-n3c4ccccc4c4ccccc43)c3oc4ccccc4c3n2)c2ccccc2c1.c1ccc2c(c1)-c1cccc3cccc(c13)N2c1nc(-c2ccc(-c3ccc4ccccc4c3)cc2)c2oc3ccccc3c2n1.c1ccc2c(c1)-c1cccc3cccc(c13)N2c1nc(-c2ccncc2)c2oc3ccccc3c2n1. The molecule has 0 radical (unpaired) electrons. The highest BCUT2D eigenvalue weighted by Gasteiger charge is 2.34. The molecule has 0 saturated carbocycles. The normalized spacial score (nSPS) is 12.4. The minimum Gasteiger partial charge on any atom is -0.452 e. The van der Waals surface area contributed by atoms with Gasteiger partial charge in [0, 0.05) is 94.6 Å². The van der Waals surface area contributed by atoms with Crippen LogP contribution >= 0.6 is 0 Å². The lowest BCUT2D eigenvalue weighted by molar-refractivity contribution is 0.662. The Kier molecular flexibility index (Phi) is 16.8. The first-order chi connectivity index (χ1) is 67.0. The third kappa shape index (κ3) is 11.8. The van der Waals surface area contributed by atoms with Crippen molar-refractivity contribution in [2.75, 3.05) is 14.7 Å². The summed E-state index contributed by atoms with van der Waals surface area (Å²) in [6, 6.07) is 147. The van der Waals surface area contributed by atoms with Crippen LogP contribution in [0.2, 0.25) is 0 Å². The van der Waals surface area contributed by atoms with Gasteiger partial charge in [-0.1, -0.05) is 303 Å². The van der Waals surface area contributed by atoms with E-state index in [-0.39, 0.29) is 0 Å². The molecular formula is C121H71N11O3. The third-order valence-electron chi connectivity index (χ3n) is 27.0. The van der Waals surface area contributed by atoms with E-state index in [1.807, 2.05) is 66.7 Å². The predicted octanol–water partition coefficient (Wildman–Crippen LogP) is 32.4. The Balaban J connectivity index is 0.000000102. The number of pyridine rings is 1. The highest BCUT2D eigenvalue weighted by atomic mass is 16.3. The average Bonchev–Trinajstić information content (AvgIpc) is 1.55. The van der Waals surface area contributed by atoms with Gasteiger partial charge in [0.25, 0.3) is 0 Å². The second-order valence-electron chi connectivity index (χ2n) is 34.5. The molecule has 0 saturated heterocycles. The van der Waals surface area contributed by atoms with Gasteiger partial charge >= 0.3 is 0 Å². The van der Waals surface area contributed by atoms with E-state index in [0.29, 0.717) is 34.5 Å². The van der Waals surface area contributed by atoms with E-state index in [0.717, 1.165) is 172 Å². The molecule has 0 aliphatic carbocycles. The van der Waals surface area contributed by atoms with Crippen LogP contribution in [0.25, 0.3) is 226 Å². The fourth-order valence-electron chi connectivity index (χ4n) is 21.0. The molecule has 0 unspecified atom stereocenters. The van der Waals surface area contributed by atoms with Gasteiger partial charge < -0.3 is 18.2 Å². The van der Waals surface area contributed by atoms with Gasteiger partial charge in [-0.05, 0) is 181 Å². The lowest BCUT2D eigenvalue weighted by Crippen LogP contribution is -2.17. The maximum Gasteiger partial charge on any atom is 0.236 e. The Morgan fingerprint density at radius 2 is 0.585 bits per heavy atom. The van der Waals surface area contributed by atoms with E-state index in [9.17, 15) is 0 Å². The van der Waals surface area contributed by atoms with E-state index in [1.165, 1.54) is 70.9 Å². The number of benzene rings is 19. The maximum absolute atomic E-state index is 6.65. The van der Waals surface area contributed by atoms with Crippen LogP contribution in [-0.4, -0.2) is 39.5 Å². The molecule has 27 aromatic rings. The summed E-state index contributed by atoms with van der Waals surface area (Å²) in [6.07, 6.45) is 3.55. The zero-order valence-electron chi connectivity index (χ0n) is 72.1. The van der Waals surface area contributed by atoms with Crippen LogP contribution in [-0.2, 0) is 0 Å². The van der Waals surface area contributed by atoms with Crippen molar-refractivity contribution >= 4 is 194 Å². The summed E-state index contributed by atoms with van der Waals surface area (Å²) < 4.78 is 21.7. The number of hydrogen-bond acceptors (Lipinski definition) is 13. The molecule has 628 valence electrons. The number of anilines is 9. The molecule has 0 atom stereocenters. The van der Waals surface area contributed by atoms with Crippen LogP contribution in [0.5, 0.6) is 0 Å². The molecular weight excluding hydrogens is 1660 g/mol. The van der Waals surface area contributed by atoms with Gasteiger partial charge in [-0.2, -0.15) is 0 Å². The van der Waals surface area contributed by atoms with Crippen LogP contribution in [0, 0.1) is 0 Å². The first-order valence-corrected chi connectivity index (χ1v) is 45.3. The number of aromatic nitrogens is 8. The maximum atomic E-state index is 6.65. The number of para-hydroxylation sites is 8. The van der Waals surface area contributed by atoms with E-state index < -0.39 is 0 Å². The predicted molar refractivity (Wildman–Crippen MR) is 550 cm³/mol. The summed E-state index contributed by atoms with van der Waals surface area (Å²) in [5.74, 6) is 2.58. The molecule has 0 amide bonds. The highest BCUT2D eigenvalue weighted by Crippen LogP contribution is 2.56. The average molecular weight is 1730 g/mol. The van der Waals surface area contributed by atoms with Gasteiger partial charge in [0.2, 0.25) is 11.9 Å². The molecule has 30 rings (SSSR count). The van der Waals surface area contributed by atoms with E-state index in [2.05, 4.69) is 376 Å². The molecule has 0 bridgehead atoms. The minimum atomic E-state index is 0.607. The van der Waals surface area contributed by atoms with Gasteiger partial charge in [0.15, 0.2) is 28.4 Å². The molecule has 3 aliphatic heterocycles. The zero-order valence-corrected chi connectivity index (χ0v) is 72.1. The lowest BCUT2D eigenvalue weighted by Gasteiger charge is -2.34. The number of nitrogens with zero attached hydrogens (tertiary/aromatic N) is 11. The number of rotatable bonds is 8. The van der Waals surface area contributed by atoms with E-state index >= 15 is 0 Å². The summed E-state index contributed by atoms with van der Waals surface area (Å²) in [5.41, 5.74) is 30.4. The van der Waals surface area contributed by atoms with Gasteiger partial charge in [0.1, 0.15) is 44.7 Å². The van der Waals surface area contributed by atoms with Crippen molar-refractivity contribution in [3.05, 3.63) is 431 Å². The quantitative estimate of drug-likeness (QED) is 0.142. The van der Waals surface area contributed by atoms with Crippen LogP contribution in [0.3, 0.4) is 0 Å². The Morgan fingerprint density at radius 3 is 1.10 bits per heavy atom. The topological polar surface area (TPSA) is 144 Å². The van der Waals surface area contributed by atoms with Crippen molar-refractivity contribution in [2.45, 2.75) is 0 Å². The molecule has 8 aromatic heterocycles. The summed E-state index contributed by atoms with van der Waals surface area (Å²) >= 11 is 0. The molecule has 3 aliphatic rings. The van der Waals surface area contributed by atoms with Crippen molar-refractivity contribution < 1.29 is 13.3 Å². The molecule has 135 heavy (non-hydrogen) atoms. The molecule has 14 nitrogen and oxygen atoms in total. The number of fused-ring (bicyclic) bond motifs is 20. The van der Waals surface area contributed by atoms with Crippen LogP contribution in [0.1, 0.15) is 0 Å². The summed E-state index contributed by atoms with van der Waals surface area (Å²) in [5, 5.41) is 17.1. The molecule has 0 fully saturated rings. The van der Waals surface area contributed by atoms with Gasteiger partial charge in [-0.15, -0.1) is 0 Å². The molecule has 0 spiro atoms. The van der Waals surface area contributed by atoms with E-state index in [1.54, 1.807) is 12.4 Å². The van der Waals surface area contributed by atoms with Crippen molar-refractivity contribution in [1.82, 2.24) is 39.5 Å². The summed E-state index contributed by atoms with van der Waals surface area (Å²) in [4.78, 5) is 42.7. The molecule has 14 heteroatoms. The standard InChI is InChI=1S/C48H28N4O.C42H25N3O.C31H18N4O/c1-2-16-32-30(13-1)27-31(51-39-22-7-5-19-35(39)36-21-11-14-29-15-12-25-42(51)44(29)36)28-38(32)47-49-45-37-20-6-10-26-43(37)53-46(45)48(50-47)52-40-23-8-3-17-33(40)34-18-4-9-24-41(34)52;1-2-10-30-25-31(24-21-26(30)9-1)27-19-22-29(23-20-27)39-41-40(34-14-4-6-18-37(34)46-41)44-42(43-39)45-35-16-5-3-13-32(35)33-15-7-11-28-12-8-17-36(45)38(28)33;1-3-12-24-21(9-1)22-11-5-7-19-8-6-13-25(27(19)22)35(24)31-33-28(20-15-17-32-18-16-20)30-29(34-31)23-10-2-4-14-26(23)36-30/h1-28H;1-25H;1-18H. The van der Waals surface area contributed by atoms with E-state index in [4.69, 9.17) is 43.2 Å². The Labute approximate surface area is 771 Å². The van der Waals surface area contributed by atoms with Crippen LogP contribution in [0.4, 0.5) is 51.7 Å². The van der Waals surface area contributed by atoms with Crippen LogP contribution < -0.4 is 14.7 Å². The van der Waals surface area contributed by atoms with Crippen molar-refractivity contribution in [3.63, 3.8) is 0 Å². The highest BCUT2D eigenvalue weighted by molar-refractivity contribution is 6.20. The smallest absolute Gasteiger partial charge is 0.236 e. The second kappa shape index (κ2) is 30.0. The summed E-state index contributed by atoms with van der Waals surface area (Å²) in [7, 11) is 0. The molecule has 11 heterocycles. The fraction of sp³-hybridized carbons (Fsp3) is 0. The van der Waals surface area contributed by atoms with Gasteiger partial charge in [-0.25, -0.2) is 29.9 Å². The van der Waals surface area contributed by atoms with Crippen molar-refractivity contribution in [3.8, 4) is 84.2 Å². The Bertz CT molecular complexity index is 9590. The summed E-state index contributed by atoms with van der Waals surface area (Å²) in [6.45, 7) is 0. The number of hydrogen-bond donors (Lipinski definition) is 0. The fourth-order valence-corrected chi connectivity index (χ4v) is 21.0. The molecule has 0 N–H and O–H groups in total. The third-order valence-corrected chi connectivity index (χ3v) is 27.0. The Hall–Kier alpha value is -18.5.